The Balaban J connectivity index is 2.17. The van der Waals surface area contributed by atoms with E-state index in [4.69, 9.17) is 0 Å². The summed E-state index contributed by atoms with van der Waals surface area (Å²) in [5.41, 5.74) is 1.47. The highest BCUT2D eigenvalue weighted by molar-refractivity contribution is 9.10. The van der Waals surface area contributed by atoms with Crippen LogP contribution in [-0.2, 0) is 4.79 Å². The van der Waals surface area contributed by atoms with E-state index in [1.165, 1.54) is 0 Å². The van der Waals surface area contributed by atoms with Gasteiger partial charge in [-0.05, 0) is 53.4 Å². The first-order chi connectivity index (χ1) is 8.95. The summed E-state index contributed by atoms with van der Waals surface area (Å²) >= 11 is 3.36. The third kappa shape index (κ3) is 2.82. The second-order valence-electron chi connectivity index (χ2n) is 5.52. The maximum Gasteiger partial charge on any atom is 0.232 e. The van der Waals surface area contributed by atoms with Crippen LogP contribution in [0.4, 0.5) is 5.69 Å². The fraction of sp³-hybridized carbons (Fsp3) is 0.571. The molecule has 1 fully saturated rings. The van der Waals surface area contributed by atoms with Crippen molar-refractivity contribution in [2.75, 3.05) is 18.4 Å². The van der Waals surface area contributed by atoms with Crippen molar-refractivity contribution in [1.82, 2.24) is 10.3 Å². The monoisotopic (exact) mass is 325 g/mol. The molecular weight excluding hydrogens is 306 g/mol. The van der Waals surface area contributed by atoms with Gasteiger partial charge in [-0.3, -0.25) is 4.79 Å². The number of amides is 1. The van der Waals surface area contributed by atoms with E-state index in [0.717, 1.165) is 35.4 Å². The molecule has 0 radical (unpaired) electrons. The molecule has 2 rings (SSSR count). The molecule has 0 aliphatic carbocycles. The second kappa shape index (κ2) is 5.59. The normalized spacial score (nSPS) is 22.8. The van der Waals surface area contributed by atoms with Gasteiger partial charge in [0.1, 0.15) is 4.60 Å². The SMILES string of the molecule is Cc1cc(NC(=O)C2(C(C)C)CCNC2)cnc1Br. The third-order valence-corrected chi connectivity index (χ3v) is 4.85. The van der Waals surface area contributed by atoms with E-state index < -0.39 is 0 Å². The summed E-state index contributed by atoms with van der Waals surface area (Å²) in [6, 6.07) is 1.94. The average Bonchev–Trinajstić information content (AvgIpc) is 2.84. The van der Waals surface area contributed by atoms with E-state index in [1.807, 2.05) is 13.0 Å². The zero-order valence-corrected chi connectivity index (χ0v) is 13.2. The van der Waals surface area contributed by atoms with Crippen molar-refractivity contribution in [2.24, 2.45) is 11.3 Å². The predicted octanol–water partition coefficient (Wildman–Crippen LogP) is 2.73. The maximum atomic E-state index is 12.6. The van der Waals surface area contributed by atoms with Crippen molar-refractivity contribution >= 4 is 27.5 Å². The topological polar surface area (TPSA) is 54.0 Å². The summed E-state index contributed by atoms with van der Waals surface area (Å²) in [7, 11) is 0. The predicted molar refractivity (Wildman–Crippen MR) is 80.1 cm³/mol. The molecule has 5 heteroatoms. The molecule has 0 saturated carbocycles. The van der Waals surface area contributed by atoms with Crippen molar-refractivity contribution in [3.05, 3.63) is 22.4 Å². The standard InChI is InChI=1S/C14H20BrN3O/c1-9(2)14(4-5-16-8-14)13(19)18-11-6-10(3)12(15)17-7-11/h6-7,9,16H,4-5,8H2,1-3H3,(H,18,19). The number of nitrogens with zero attached hydrogens (tertiary/aromatic N) is 1. The number of hydrogen-bond acceptors (Lipinski definition) is 3. The first-order valence-electron chi connectivity index (χ1n) is 6.60. The highest BCUT2D eigenvalue weighted by atomic mass is 79.9. The molecule has 1 saturated heterocycles. The molecular formula is C14H20BrN3O. The molecule has 19 heavy (non-hydrogen) atoms. The summed E-state index contributed by atoms with van der Waals surface area (Å²) in [4.78, 5) is 16.8. The minimum absolute atomic E-state index is 0.0935. The molecule has 104 valence electrons. The number of pyridine rings is 1. The Morgan fingerprint density at radius 3 is 2.84 bits per heavy atom. The number of rotatable bonds is 3. The van der Waals surface area contributed by atoms with Gasteiger partial charge in [0.05, 0.1) is 17.3 Å². The van der Waals surface area contributed by atoms with E-state index in [-0.39, 0.29) is 11.3 Å². The molecule has 1 unspecified atom stereocenters. The van der Waals surface area contributed by atoms with Crippen LogP contribution in [0.2, 0.25) is 0 Å². The highest BCUT2D eigenvalue weighted by Crippen LogP contribution is 2.35. The summed E-state index contributed by atoms with van der Waals surface area (Å²) in [5.74, 6) is 0.406. The number of nitrogens with one attached hydrogen (secondary N) is 2. The molecule has 4 nitrogen and oxygen atoms in total. The van der Waals surface area contributed by atoms with Gasteiger partial charge in [0.2, 0.25) is 5.91 Å². The number of halogens is 1. The number of carbonyl (C=O) groups is 1. The van der Waals surface area contributed by atoms with E-state index in [2.05, 4.69) is 45.4 Å². The minimum Gasteiger partial charge on any atom is -0.324 e. The minimum atomic E-state index is -0.305. The first-order valence-corrected chi connectivity index (χ1v) is 7.39. The largest absolute Gasteiger partial charge is 0.324 e. The molecule has 0 bridgehead atoms. The van der Waals surface area contributed by atoms with Crippen molar-refractivity contribution in [3.63, 3.8) is 0 Å². The highest BCUT2D eigenvalue weighted by Gasteiger charge is 2.43. The number of hydrogen-bond donors (Lipinski definition) is 2. The van der Waals surface area contributed by atoms with Crippen LogP contribution in [-0.4, -0.2) is 24.0 Å². The summed E-state index contributed by atoms with van der Waals surface area (Å²) in [5, 5.41) is 6.31. The van der Waals surface area contributed by atoms with Gasteiger partial charge in [0.15, 0.2) is 0 Å². The summed E-state index contributed by atoms with van der Waals surface area (Å²) < 4.78 is 0.812. The molecule has 0 spiro atoms. The molecule has 1 aliphatic heterocycles. The number of aromatic nitrogens is 1. The lowest BCUT2D eigenvalue weighted by atomic mass is 9.75. The van der Waals surface area contributed by atoms with E-state index in [0.29, 0.717) is 5.92 Å². The van der Waals surface area contributed by atoms with Gasteiger partial charge in [-0.1, -0.05) is 13.8 Å². The Morgan fingerprint density at radius 2 is 2.32 bits per heavy atom. The van der Waals surface area contributed by atoms with Crippen LogP contribution in [0.15, 0.2) is 16.9 Å². The third-order valence-electron chi connectivity index (χ3n) is 4.02. The summed E-state index contributed by atoms with van der Waals surface area (Å²) in [6.07, 6.45) is 2.57. The molecule has 1 amide bonds. The number of anilines is 1. The second-order valence-corrected chi connectivity index (χ2v) is 6.27. The fourth-order valence-electron chi connectivity index (χ4n) is 2.54. The smallest absolute Gasteiger partial charge is 0.232 e. The molecule has 0 aromatic carbocycles. The van der Waals surface area contributed by atoms with Crippen molar-refractivity contribution in [1.29, 1.82) is 0 Å². The van der Waals surface area contributed by atoms with Crippen LogP contribution in [0.1, 0.15) is 25.8 Å². The Hall–Kier alpha value is -0.940. The van der Waals surface area contributed by atoms with Crippen LogP contribution in [0, 0.1) is 18.3 Å². The maximum absolute atomic E-state index is 12.6. The molecule has 1 aliphatic rings. The van der Waals surface area contributed by atoms with E-state index in [1.54, 1.807) is 6.20 Å². The molecule has 1 aromatic heterocycles. The summed E-state index contributed by atoms with van der Waals surface area (Å²) in [6.45, 7) is 7.83. The lowest BCUT2D eigenvalue weighted by molar-refractivity contribution is -0.126. The Labute approximate surface area is 122 Å². The van der Waals surface area contributed by atoms with Crippen molar-refractivity contribution in [3.8, 4) is 0 Å². The van der Waals surface area contributed by atoms with E-state index >= 15 is 0 Å². The van der Waals surface area contributed by atoms with Crippen LogP contribution < -0.4 is 10.6 Å². The van der Waals surface area contributed by atoms with Crippen LogP contribution in [0.5, 0.6) is 0 Å². The lowest BCUT2D eigenvalue weighted by Crippen LogP contribution is -2.42. The van der Waals surface area contributed by atoms with Gasteiger partial charge in [-0.25, -0.2) is 4.98 Å². The quantitative estimate of drug-likeness (QED) is 0.840. The van der Waals surface area contributed by atoms with Crippen LogP contribution in [0.3, 0.4) is 0 Å². The van der Waals surface area contributed by atoms with E-state index in [9.17, 15) is 4.79 Å². The zero-order chi connectivity index (χ0) is 14.0. The first kappa shape index (κ1) is 14.5. The van der Waals surface area contributed by atoms with Gasteiger partial charge in [-0.2, -0.15) is 0 Å². The van der Waals surface area contributed by atoms with Crippen molar-refractivity contribution < 1.29 is 4.79 Å². The van der Waals surface area contributed by atoms with Crippen LogP contribution >= 0.6 is 15.9 Å². The fourth-order valence-corrected chi connectivity index (χ4v) is 2.76. The lowest BCUT2D eigenvalue weighted by Gasteiger charge is -2.31. The Morgan fingerprint density at radius 1 is 1.58 bits per heavy atom. The zero-order valence-electron chi connectivity index (χ0n) is 11.6. The Bertz CT molecular complexity index is 482. The molecule has 1 atom stereocenters. The number of carbonyl (C=O) groups excluding carboxylic acids is 1. The van der Waals surface area contributed by atoms with Gasteiger partial charge < -0.3 is 10.6 Å². The van der Waals surface area contributed by atoms with Gasteiger partial charge in [-0.15, -0.1) is 0 Å². The number of aryl methyl sites for hydroxylation is 1. The van der Waals surface area contributed by atoms with Crippen LogP contribution in [0.25, 0.3) is 0 Å². The van der Waals surface area contributed by atoms with Gasteiger partial charge in [0.25, 0.3) is 0 Å². The molecule has 1 aromatic rings. The van der Waals surface area contributed by atoms with Gasteiger partial charge in [0, 0.05) is 6.54 Å². The molecule has 2 N–H and O–H groups in total. The van der Waals surface area contributed by atoms with Crippen molar-refractivity contribution in [2.45, 2.75) is 27.2 Å². The van der Waals surface area contributed by atoms with Gasteiger partial charge >= 0.3 is 0 Å². The average molecular weight is 326 g/mol. The Kier molecular flexibility index (Phi) is 4.26. The molecule has 2 heterocycles.